The maximum atomic E-state index is 11.8. The van der Waals surface area contributed by atoms with Gasteiger partial charge in [-0.3, -0.25) is 9.71 Å². The average molecular weight is 580 g/mol. The number of nitrogens with one attached hydrogen (secondary N) is 2. The lowest BCUT2D eigenvalue weighted by molar-refractivity contribution is 0.565. The Kier molecular flexibility index (Phi) is 7.17. The predicted molar refractivity (Wildman–Crippen MR) is 163 cm³/mol. The number of aryl methyl sites for hydroxylation is 3. The Hall–Kier alpha value is -3.40. The summed E-state index contributed by atoms with van der Waals surface area (Å²) >= 11 is 12.3. The minimum Gasteiger partial charge on any atom is -0.351 e. The summed E-state index contributed by atoms with van der Waals surface area (Å²) in [7, 11) is -3.40. The van der Waals surface area contributed by atoms with Crippen LogP contribution in [0.15, 0.2) is 66.9 Å². The highest BCUT2D eigenvalue weighted by Gasteiger charge is 2.42. The van der Waals surface area contributed by atoms with Crippen LogP contribution in [0.3, 0.4) is 0 Å². The van der Waals surface area contributed by atoms with Gasteiger partial charge in [-0.1, -0.05) is 23.7 Å². The molecular formula is C29H30ClN5O2S2. The maximum absolute atomic E-state index is 11.8. The van der Waals surface area contributed by atoms with Crippen molar-refractivity contribution in [2.24, 2.45) is 0 Å². The summed E-state index contributed by atoms with van der Waals surface area (Å²) in [5, 5.41) is 4.76. The van der Waals surface area contributed by atoms with E-state index in [-0.39, 0.29) is 12.1 Å². The second kappa shape index (κ2) is 10.3. The minimum absolute atomic E-state index is 0.206. The highest BCUT2D eigenvalue weighted by molar-refractivity contribution is 7.92. The van der Waals surface area contributed by atoms with Crippen molar-refractivity contribution in [2.75, 3.05) is 15.9 Å². The minimum atomic E-state index is -3.40. The fourth-order valence-corrected chi connectivity index (χ4v) is 6.48. The molecule has 4 aromatic rings. The smallest absolute Gasteiger partial charge is 0.229 e. The highest BCUT2D eigenvalue weighted by Crippen LogP contribution is 2.44. The predicted octanol–water partition coefficient (Wildman–Crippen LogP) is 6.31. The van der Waals surface area contributed by atoms with Gasteiger partial charge in [-0.2, -0.15) is 0 Å². The van der Waals surface area contributed by atoms with Gasteiger partial charge >= 0.3 is 0 Å². The van der Waals surface area contributed by atoms with Crippen LogP contribution in [0.1, 0.15) is 45.9 Å². The molecule has 1 saturated heterocycles. The van der Waals surface area contributed by atoms with Crippen molar-refractivity contribution < 1.29 is 8.42 Å². The van der Waals surface area contributed by atoms with Crippen LogP contribution in [0.2, 0.25) is 5.02 Å². The largest absolute Gasteiger partial charge is 0.351 e. The van der Waals surface area contributed by atoms with Crippen LogP contribution in [0.4, 0.5) is 11.4 Å². The molecule has 0 amide bonds. The number of benzene rings is 2. The first-order valence-electron chi connectivity index (χ1n) is 12.5. The van der Waals surface area contributed by atoms with Crippen LogP contribution in [0.25, 0.3) is 5.69 Å². The lowest BCUT2D eigenvalue weighted by Gasteiger charge is -2.29. The van der Waals surface area contributed by atoms with E-state index in [2.05, 4.69) is 51.3 Å². The van der Waals surface area contributed by atoms with E-state index in [1.54, 1.807) is 12.3 Å². The van der Waals surface area contributed by atoms with E-state index < -0.39 is 10.0 Å². The molecule has 3 heterocycles. The molecule has 1 aliphatic heterocycles. The Morgan fingerprint density at radius 3 is 2.44 bits per heavy atom. The van der Waals surface area contributed by atoms with E-state index in [9.17, 15) is 8.42 Å². The maximum Gasteiger partial charge on any atom is 0.229 e. The molecule has 1 fully saturated rings. The lowest BCUT2D eigenvalue weighted by Crippen LogP contribution is -2.29. The van der Waals surface area contributed by atoms with Gasteiger partial charge in [0.05, 0.1) is 29.7 Å². The second-order valence-electron chi connectivity index (χ2n) is 9.96. The fourth-order valence-electron chi connectivity index (χ4n) is 5.34. The molecule has 0 radical (unpaired) electrons. The number of hydrogen-bond acceptors (Lipinski definition) is 4. The van der Waals surface area contributed by atoms with E-state index in [0.29, 0.717) is 15.8 Å². The molecule has 0 spiro atoms. The van der Waals surface area contributed by atoms with Crippen molar-refractivity contribution in [1.82, 2.24) is 14.9 Å². The molecular weight excluding hydrogens is 550 g/mol. The second-order valence-corrected chi connectivity index (χ2v) is 12.5. The summed E-state index contributed by atoms with van der Waals surface area (Å²) in [6.07, 6.45) is 2.93. The van der Waals surface area contributed by atoms with Crippen LogP contribution in [0, 0.1) is 27.7 Å². The normalized spacial score (nSPS) is 17.4. The molecule has 1 aliphatic rings. The van der Waals surface area contributed by atoms with Crippen molar-refractivity contribution in [1.29, 1.82) is 0 Å². The standard InChI is InChI=1S/C29H30ClN5O2S2/c1-17-9-10-21(30)16-26(17)34-19(3)15-23(20(34)4)28-27(25-8-6-7-13-31-25)32-29(38)35(28)22-11-12-24(18(2)14-22)33-39(5,36)37/h6-16,27-28,33H,1-5H3,(H,32,38)/t27-,28+/m1/s1. The van der Waals surface area contributed by atoms with E-state index in [1.807, 2.05) is 55.5 Å². The number of pyridine rings is 1. The first-order chi connectivity index (χ1) is 18.4. The van der Waals surface area contributed by atoms with Gasteiger partial charge < -0.3 is 14.8 Å². The van der Waals surface area contributed by atoms with Crippen LogP contribution >= 0.6 is 23.8 Å². The van der Waals surface area contributed by atoms with Gasteiger partial charge in [0.25, 0.3) is 0 Å². The third-order valence-corrected chi connectivity index (χ3v) is 8.22. The topological polar surface area (TPSA) is 79.3 Å². The summed E-state index contributed by atoms with van der Waals surface area (Å²) in [4.78, 5) is 6.76. The number of thiocarbonyl (C=S) groups is 1. The van der Waals surface area contributed by atoms with E-state index in [1.165, 1.54) is 0 Å². The van der Waals surface area contributed by atoms with Crippen LogP contribution in [-0.4, -0.2) is 29.3 Å². The van der Waals surface area contributed by atoms with Crippen LogP contribution < -0.4 is 14.9 Å². The molecule has 39 heavy (non-hydrogen) atoms. The zero-order valence-corrected chi connectivity index (χ0v) is 24.7. The molecule has 0 bridgehead atoms. The Labute approximate surface area is 239 Å². The van der Waals surface area contributed by atoms with Gasteiger partial charge in [-0.05, 0) is 105 Å². The number of hydrogen-bond donors (Lipinski definition) is 2. The van der Waals surface area contributed by atoms with Gasteiger partial charge in [-0.25, -0.2) is 8.42 Å². The first-order valence-corrected chi connectivity index (χ1v) is 15.2. The number of aromatic nitrogens is 2. The molecule has 2 N–H and O–H groups in total. The highest BCUT2D eigenvalue weighted by atomic mass is 35.5. The molecule has 10 heteroatoms. The molecule has 0 unspecified atom stereocenters. The average Bonchev–Trinajstić information content (AvgIpc) is 3.37. The molecule has 7 nitrogen and oxygen atoms in total. The Morgan fingerprint density at radius 2 is 1.77 bits per heavy atom. The SMILES string of the molecule is Cc1cc(N2C(=S)N[C@H](c3ccccn3)[C@@H]2c2cc(C)n(-c3cc(Cl)ccc3C)c2C)ccc1NS(C)(=O)=O. The van der Waals surface area contributed by atoms with Crippen molar-refractivity contribution in [3.63, 3.8) is 0 Å². The third-order valence-electron chi connectivity index (χ3n) is 7.08. The number of nitrogens with zero attached hydrogens (tertiary/aromatic N) is 3. The van der Waals surface area contributed by atoms with E-state index in [4.69, 9.17) is 23.8 Å². The van der Waals surface area contributed by atoms with Crippen molar-refractivity contribution >= 4 is 50.3 Å². The van der Waals surface area contributed by atoms with Gasteiger partial charge in [0, 0.05) is 34.0 Å². The number of anilines is 2. The molecule has 0 aliphatic carbocycles. The molecule has 2 atom stereocenters. The van der Waals surface area contributed by atoms with Crippen LogP contribution in [-0.2, 0) is 10.0 Å². The van der Waals surface area contributed by atoms with Gasteiger partial charge in [0.2, 0.25) is 10.0 Å². The number of sulfonamides is 1. The lowest BCUT2D eigenvalue weighted by atomic mass is 9.96. The quantitative estimate of drug-likeness (QED) is 0.261. The Morgan fingerprint density at radius 1 is 1.00 bits per heavy atom. The summed E-state index contributed by atoms with van der Waals surface area (Å²) in [5.41, 5.74) is 8.47. The number of halogens is 1. The zero-order chi connectivity index (χ0) is 28.1. The van der Waals surface area contributed by atoms with Crippen molar-refractivity contribution in [2.45, 2.75) is 39.8 Å². The molecule has 202 valence electrons. The molecule has 2 aromatic heterocycles. The van der Waals surface area contributed by atoms with E-state index >= 15 is 0 Å². The van der Waals surface area contributed by atoms with Crippen molar-refractivity contribution in [3.05, 3.63) is 106 Å². The molecule has 2 aromatic carbocycles. The van der Waals surface area contributed by atoms with Crippen molar-refractivity contribution in [3.8, 4) is 5.69 Å². The van der Waals surface area contributed by atoms with Gasteiger partial charge in [0.15, 0.2) is 5.11 Å². The summed E-state index contributed by atoms with van der Waals surface area (Å²) in [5.74, 6) is 0. The summed E-state index contributed by atoms with van der Waals surface area (Å²) in [6, 6.07) is 19.2. The summed E-state index contributed by atoms with van der Waals surface area (Å²) in [6.45, 7) is 8.16. The fraction of sp³-hybridized carbons (Fsp3) is 0.241. The van der Waals surface area contributed by atoms with E-state index in [0.717, 1.165) is 51.4 Å². The summed E-state index contributed by atoms with van der Waals surface area (Å²) < 4.78 is 28.5. The van der Waals surface area contributed by atoms with Gasteiger partial charge in [-0.15, -0.1) is 0 Å². The van der Waals surface area contributed by atoms with Gasteiger partial charge in [0.1, 0.15) is 0 Å². The Balaban J connectivity index is 1.67. The first kappa shape index (κ1) is 27.2. The zero-order valence-electron chi connectivity index (χ0n) is 22.4. The molecule has 0 saturated carbocycles. The third kappa shape index (κ3) is 5.26. The monoisotopic (exact) mass is 579 g/mol. The van der Waals surface area contributed by atoms with Crippen LogP contribution in [0.5, 0.6) is 0 Å². The Bertz CT molecular complexity index is 1690. The molecule has 5 rings (SSSR count). The number of rotatable bonds is 6.